The monoisotopic (exact) mass is 425 g/mol. The summed E-state index contributed by atoms with van der Waals surface area (Å²) in [6.07, 6.45) is 13.9. The van der Waals surface area contributed by atoms with Crippen LogP contribution in [0.3, 0.4) is 0 Å². The first-order chi connectivity index (χ1) is 14.6. The summed E-state index contributed by atoms with van der Waals surface area (Å²) in [5, 5.41) is 10.8. The highest BCUT2D eigenvalue weighted by atomic mass is 16.3. The van der Waals surface area contributed by atoms with Gasteiger partial charge in [0.25, 0.3) is 0 Å². The van der Waals surface area contributed by atoms with Crippen LogP contribution in [0.2, 0.25) is 0 Å². The van der Waals surface area contributed by atoms with Crippen molar-refractivity contribution in [3.05, 3.63) is 22.8 Å². The first kappa shape index (κ1) is 22.2. The smallest absolute Gasteiger partial charge is 0.0594 e. The molecule has 0 amide bonds. The molecule has 0 aromatic heterocycles. The van der Waals surface area contributed by atoms with Gasteiger partial charge >= 0.3 is 0 Å². The van der Waals surface area contributed by atoms with Crippen molar-refractivity contribution in [1.29, 1.82) is 0 Å². The standard InChI is InChI=1S/C29H47NO/c1-19(20(2)30-17-7-8-18-30)22-10-11-23-21-9-12-25-27(3,4)26(31)14-16-29(25,6)24(21)13-15-28(22,23)5/h11,19-20,22,25-26,31H,7-10,12-18H2,1-6H3/t19-,20?,22-,25+,26+,28-,29-/m1/s1. The molecule has 1 unspecified atom stereocenters. The van der Waals surface area contributed by atoms with Crippen molar-refractivity contribution in [2.45, 2.75) is 111 Å². The molecule has 0 aromatic rings. The lowest BCUT2D eigenvalue weighted by Gasteiger charge is -2.59. The van der Waals surface area contributed by atoms with E-state index in [0.717, 1.165) is 18.3 Å². The SMILES string of the molecule is CC([C@@H](C)[C@H]1CC=C2C3=C(CC[C@@]21C)[C@@]1(C)CC[C@H](O)C(C)(C)[C@@H]1CC3)N1CCCC1. The van der Waals surface area contributed by atoms with Crippen LogP contribution < -0.4 is 0 Å². The van der Waals surface area contributed by atoms with Crippen LogP contribution in [0.15, 0.2) is 22.8 Å². The molecular weight excluding hydrogens is 378 g/mol. The van der Waals surface area contributed by atoms with Gasteiger partial charge in [0.2, 0.25) is 0 Å². The fourth-order valence-electron chi connectivity index (χ4n) is 9.33. The van der Waals surface area contributed by atoms with E-state index in [1.807, 2.05) is 0 Å². The van der Waals surface area contributed by atoms with Gasteiger partial charge in [0.1, 0.15) is 0 Å². The van der Waals surface area contributed by atoms with Gasteiger partial charge in [-0.05, 0) is 123 Å². The fraction of sp³-hybridized carbons (Fsp3) is 0.862. The summed E-state index contributed by atoms with van der Waals surface area (Å²) in [5.41, 5.74) is 6.03. The van der Waals surface area contributed by atoms with E-state index in [1.54, 1.807) is 16.7 Å². The zero-order valence-electron chi connectivity index (χ0n) is 21.1. The van der Waals surface area contributed by atoms with Gasteiger partial charge in [-0.2, -0.15) is 0 Å². The van der Waals surface area contributed by atoms with E-state index in [4.69, 9.17) is 0 Å². The average Bonchev–Trinajstić information content (AvgIpc) is 3.37. The molecule has 1 aliphatic heterocycles. The summed E-state index contributed by atoms with van der Waals surface area (Å²) >= 11 is 0. The predicted molar refractivity (Wildman–Crippen MR) is 130 cm³/mol. The number of nitrogens with zero attached hydrogens (tertiary/aromatic N) is 1. The zero-order chi connectivity index (χ0) is 22.2. The van der Waals surface area contributed by atoms with Crippen molar-refractivity contribution < 1.29 is 5.11 Å². The van der Waals surface area contributed by atoms with Crippen LogP contribution in [-0.4, -0.2) is 35.2 Å². The number of aliphatic hydroxyl groups is 1. The minimum atomic E-state index is -0.135. The molecule has 4 aliphatic carbocycles. The number of fused-ring (bicyclic) bond motifs is 4. The number of allylic oxidation sites excluding steroid dienone is 4. The number of likely N-dealkylation sites (tertiary alicyclic amines) is 1. The molecule has 31 heavy (non-hydrogen) atoms. The Bertz CT molecular complexity index is 787. The summed E-state index contributed by atoms with van der Waals surface area (Å²) in [5.74, 6) is 2.18. The third kappa shape index (κ3) is 3.10. The second-order valence-corrected chi connectivity index (χ2v) is 13.1. The molecule has 174 valence electrons. The summed E-state index contributed by atoms with van der Waals surface area (Å²) in [4.78, 5) is 2.77. The van der Waals surface area contributed by atoms with Crippen molar-refractivity contribution in [1.82, 2.24) is 4.90 Å². The summed E-state index contributed by atoms with van der Waals surface area (Å²) < 4.78 is 0. The van der Waals surface area contributed by atoms with Crippen LogP contribution in [0.25, 0.3) is 0 Å². The van der Waals surface area contributed by atoms with E-state index in [1.165, 1.54) is 64.5 Å². The van der Waals surface area contributed by atoms with Crippen LogP contribution in [0.1, 0.15) is 99.3 Å². The van der Waals surface area contributed by atoms with Crippen molar-refractivity contribution in [2.24, 2.45) is 34.0 Å². The Hall–Kier alpha value is -0.600. The highest BCUT2D eigenvalue weighted by Gasteiger charge is 2.57. The van der Waals surface area contributed by atoms with Crippen LogP contribution >= 0.6 is 0 Å². The van der Waals surface area contributed by atoms with E-state index in [0.29, 0.717) is 22.8 Å². The predicted octanol–water partition coefficient (Wildman–Crippen LogP) is 6.75. The number of rotatable bonds is 3. The molecule has 2 nitrogen and oxygen atoms in total. The maximum Gasteiger partial charge on any atom is 0.0594 e. The quantitative estimate of drug-likeness (QED) is 0.541. The van der Waals surface area contributed by atoms with Crippen molar-refractivity contribution in [2.75, 3.05) is 13.1 Å². The maximum absolute atomic E-state index is 10.8. The molecule has 2 fully saturated rings. The average molecular weight is 426 g/mol. The van der Waals surface area contributed by atoms with Crippen molar-refractivity contribution >= 4 is 0 Å². The molecular formula is C29H47NO. The molecule has 0 radical (unpaired) electrons. The third-order valence-corrected chi connectivity index (χ3v) is 11.5. The Labute approximate surface area is 191 Å². The van der Waals surface area contributed by atoms with Gasteiger partial charge < -0.3 is 10.0 Å². The molecule has 0 bridgehead atoms. The van der Waals surface area contributed by atoms with E-state index < -0.39 is 0 Å². The second-order valence-electron chi connectivity index (χ2n) is 13.1. The highest BCUT2D eigenvalue weighted by Crippen LogP contribution is 2.66. The van der Waals surface area contributed by atoms with Gasteiger partial charge in [0.05, 0.1) is 6.10 Å². The molecule has 5 aliphatic rings. The minimum Gasteiger partial charge on any atom is -0.393 e. The number of hydrogen-bond acceptors (Lipinski definition) is 2. The molecule has 1 heterocycles. The van der Waals surface area contributed by atoms with Crippen molar-refractivity contribution in [3.8, 4) is 0 Å². The third-order valence-electron chi connectivity index (χ3n) is 11.5. The Morgan fingerprint density at radius 1 is 0.968 bits per heavy atom. The summed E-state index contributed by atoms with van der Waals surface area (Å²) in [7, 11) is 0. The lowest BCUT2D eigenvalue weighted by atomic mass is 9.46. The summed E-state index contributed by atoms with van der Waals surface area (Å²) in [6.45, 7) is 17.5. The molecule has 2 heteroatoms. The highest BCUT2D eigenvalue weighted by molar-refractivity contribution is 5.50. The fourth-order valence-corrected chi connectivity index (χ4v) is 9.33. The van der Waals surface area contributed by atoms with Gasteiger partial charge in [-0.25, -0.2) is 0 Å². The molecule has 0 aromatic carbocycles. The Morgan fingerprint density at radius 3 is 2.39 bits per heavy atom. The lowest BCUT2D eigenvalue weighted by molar-refractivity contribution is -0.0906. The lowest BCUT2D eigenvalue weighted by Crippen LogP contribution is -2.53. The van der Waals surface area contributed by atoms with Gasteiger partial charge in [-0.15, -0.1) is 0 Å². The van der Waals surface area contributed by atoms with Crippen LogP contribution in [0.4, 0.5) is 0 Å². The largest absolute Gasteiger partial charge is 0.393 e. The number of hydrogen-bond donors (Lipinski definition) is 1. The number of aliphatic hydroxyl groups excluding tert-OH is 1. The minimum absolute atomic E-state index is 0.0402. The van der Waals surface area contributed by atoms with E-state index in [2.05, 4.69) is 52.5 Å². The van der Waals surface area contributed by atoms with Gasteiger partial charge in [0.15, 0.2) is 0 Å². The molecule has 5 rings (SSSR count). The van der Waals surface area contributed by atoms with Gasteiger partial charge in [-0.3, -0.25) is 0 Å². The van der Waals surface area contributed by atoms with Crippen LogP contribution in [0, 0.1) is 34.0 Å². The normalized spacial score (nSPS) is 44.4. The first-order valence-electron chi connectivity index (χ1n) is 13.5. The first-order valence-corrected chi connectivity index (χ1v) is 13.5. The summed E-state index contributed by atoms with van der Waals surface area (Å²) in [6, 6.07) is 0.710. The zero-order valence-corrected chi connectivity index (χ0v) is 21.1. The maximum atomic E-state index is 10.8. The molecule has 1 N–H and O–H groups in total. The van der Waals surface area contributed by atoms with Crippen LogP contribution in [-0.2, 0) is 0 Å². The molecule has 1 saturated carbocycles. The van der Waals surface area contributed by atoms with E-state index >= 15 is 0 Å². The molecule has 1 saturated heterocycles. The van der Waals surface area contributed by atoms with Gasteiger partial charge in [0, 0.05) is 6.04 Å². The van der Waals surface area contributed by atoms with Crippen molar-refractivity contribution in [3.63, 3.8) is 0 Å². The van der Waals surface area contributed by atoms with E-state index in [9.17, 15) is 5.11 Å². The van der Waals surface area contributed by atoms with E-state index in [-0.39, 0.29) is 11.5 Å². The Kier molecular flexibility index (Phi) is 5.34. The Balaban J connectivity index is 1.44. The molecule has 7 atom stereocenters. The van der Waals surface area contributed by atoms with Crippen LogP contribution in [0.5, 0.6) is 0 Å². The van der Waals surface area contributed by atoms with Gasteiger partial charge in [-0.1, -0.05) is 46.3 Å². The topological polar surface area (TPSA) is 23.5 Å². The second kappa shape index (κ2) is 7.45. The Morgan fingerprint density at radius 2 is 1.68 bits per heavy atom. The molecule has 0 spiro atoms.